The molecule has 1 saturated heterocycles. The highest BCUT2D eigenvalue weighted by molar-refractivity contribution is 7.99. The summed E-state index contributed by atoms with van der Waals surface area (Å²) >= 11 is 1.95. The molecule has 0 aromatic carbocycles. The molecule has 0 radical (unpaired) electrons. The van der Waals surface area contributed by atoms with E-state index in [1.54, 1.807) is 0 Å². The summed E-state index contributed by atoms with van der Waals surface area (Å²) in [5, 5.41) is 7.32. The van der Waals surface area contributed by atoms with Crippen molar-refractivity contribution < 1.29 is 4.79 Å². The first-order chi connectivity index (χ1) is 8.29. The maximum absolute atomic E-state index is 12.1. The molecule has 3 atom stereocenters. The van der Waals surface area contributed by atoms with E-state index in [0.29, 0.717) is 6.04 Å². The molecule has 2 N–H and O–H groups in total. The van der Waals surface area contributed by atoms with Crippen LogP contribution in [0.5, 0.6) is 0 Å². The van der Waals surface area contributed by atoms with Gasteiger partial charge in [-0.15, -0.1) is 0 Å². The van der Waals surface area contributed by atoms with Gasteiger partial charge in [0.25, 0.3) is 0 Å². The number of hydrogen-bond acceptors (Lipinski definition) is 3. The fourth-order valence-electron chi connectivity index (χ4n) is 2.88. The summed E-state index contributed by atoms with van der Waals surface area (Å²) in [5.74, 6) is 0.488. The molecule has 0 bridgehead atoms. The van der Waals surface area contributed by atoms with E-state index in [4.69, 9.17) is 0 Å². The fourth-order valence-corrected chi connectivity index (χ4v) is 3.71. The van der Waals surface area contributed by atoms with Gasteiger partial charge in [-0.1, -0.05) is 6.42 Å². The zero-order chi connectivity index (χ0) is 12.1. The molecule has 2 rings (SSSR count). The van der Waals surface area contributed by atoms with Crippen molar-refractivity contribution in [2.24, 2.45) is 5.92 Å². The number of amides is 1. The minimum absolute atomic E-state index is 0.207. The molecule has 1 amide bonds. The molecule has 2 fully saturated rings. The highest BCUT2D eigenvalue weighted by Crippen LogP contribution is 2.27. The van der Waals surface area contributed by atoms with Gasteiger partial charge in [0.05, 0.1) is 5.92 Å². The first-order valence-electron chi connectivity index (χ1n) is 6.83. The van der Waals surface area contributed by atoms with E-state index in [2.05, 4.69) is 16.9 Å². The topological polar surface area (TPSA) is 41.1 Å². The molecule has 1 saturated carbocycles. The van der Waals surface area contributed by atoms with Gasteiger partial charge in [-0.2, -0.15) is 11.8 Å². The second-order valence-electron chi connectivity index (χ2n) is 5.27. The lowest BCUT2D eigenvalue weighted by Gasteiger charge is -2.31. The SMILES string of the molecule is CSC1CCCC(NC(=O)[C@@H]2CCCNC2)C1. The summed E-state index contributed by atoms with van der Waals surface area (Å²) in [7, 11) is 0. The van der Waals surface area contributed by atoms with Crippen molar-refractivity contribution in [3.63, 3.8) is 0 Å². The summed E-state index contributed by atoms with van der Waals surface area (Å²) < 4.78 is 0. The first-order valence-corrected chi connectivity index (χ1v) is 8.12. The van der Waals surface area contributed by atoms with Crippen LogP contribution in [0.15, 0.2) is 0 Å². The van der Waals surface area contributed by atoms with E-state index in [1.165, 1.54) is 19.3 Å². The van der Waals surface area contributed by atoms with Crippen LogP contribution in [0.1, 0.15) is 38.5 Å². The highest BCUT2D eigenvalue weighted by Gasteiger charge is 2.26. The van der Waals surface area contributed by atoms with Crippen molar-refractivity contribution in [2.75, 3.05) is 19.3 Å². The van der Waals surface area contributed by atoms with Crippen molar-refractivity contribution >= 4 is 17.7 Å². The lowest BCUT2D eigenvalue weighted by atomic mass is 9.93. The van der Waals surface area contributed by atoms with Gasteiger partial charge in [-0.3, -0.25) is 4.79 Å². The van der Waals surface area contributed by atoms with Gasteiger partial charge in [-0.25, -0.2) is 0 Å². The molecule has 2 unspecified atom stereocenters. The Hall–Kier alpha value is -0.220. The summed E-state index contributed by atoms with van der Waals surface area (Å²) in [5.41, 5.74) is 0. The van der Waals surface area contributed by atoms with Crippen LogP contribution in [0.3, 0.4) is 0 Å². The number of piperidine rings is 1. The Morgan fingerprint density at radius 2 is 2.18 bits per heavy atom. The number of carbonyl (C=O) groups excluding carboxylic acids is 1. The molecule has 0 aromatic heterocycles. The van der Waals surface area contributed by atoms with E-state index >= 15 is 0 Å². The van der Waals surface area contributed by atoms with Crippen LogP contribution >= 0.6 is 11.8 Å². The van der Waals surface area contributed by atoms with Crippen LogP contribution in [-0.2, 0) is 4.79 Å². The van der Waals surface area contributed by atoms with Gasteiger partial charge >= 0.3 is 0 Å². The molecule has 2 aliphatic rings. The Morgan fingerprint density at radius 3 is 2.88 bits per heavy atom. The molecule has 1 aliphatic heterocycles. The molecule has 1 aliphatic carbocycles. The third-order valence-corrected chi connectivity index (χ3v) is 5.07. The van der Waals surface area contributed by atoms with E-state index < -0.39 is 0 Å². The van der Waals surface area contributed by atoms with Crippen LogP contribution in [0.2, 0.25) is 0 Å². The Morgan fingerprint density at radius 1 is 1.29 bits per heavy atom. The molecule has 4 heteroatoms. The van der Waals surface area contributed by atoms with Gasteiger partial charge in [0.1, 0.15) is 0 Å². The third kappa shape index (κ3) is 3.88. The Labute approximate surface area is 108 Å². The monoisotopic (exact) mass is 256 g/mol. The van der Waals surface area contributed by atoms with Crippen LogP contribution < -0.4 is 10.6 Å². The van der Waals surface area contributed by atoms with Crippen molar-refractivity contribution in [1.29, 1.82) is 0 Å². The van der Waals surface area contributed by atoms with Gasteiger partial charge in [0, 0.05) is 17.8 Å². The minimum Gasteiger partial charge on any atom is -0.353 e. The zero-order valence-electron chi connectivity index (χ0n) is 10.7. The minimum atomic E-state index is 0.207. The van der Waals surface area contributed by atoms with Crippen LogP contribution in [0.4, 0.5) is 0 Å². The summed E-state index contributed by atoms with van der Waals surface area (Å²) in [6, 6.07) is 0.427. The molecule has 98 valence electrons. The van der Waals surface area contributed by atoms with E-state index in [9.17, 15) is 4.79 Å². The molecule has 0 aromatic rings. The zero-order valence-corrected chi connectivity index (χ0v) is 11.5. The Bertz CT molecular complexity index is 254. The molecule has 3 nitrogen and oxygen atoms in total. The molecular formula is C13H24N2OS. The second kappa shape index (κ2) is 6.64. The predicted octanol–water partition coefficient (Wildman–Crippen LogP) is 1.78. The summed E-state index contributed by atoms with van der Waals surface area (Å²) in [6.45, 7) is 1.94. The number of thioether (sulfide) groups is 1. The van der Waals surface area contributed by atoms with Crippen molar-refractivity contribution in [2.45, 2.75) is 49.8 Å². The molecule has 0 spiro atoms. The number of hydrogen-bond donors (Lipinski definition) is 2. The lowest BCUT2D eigenvalue weighted by molar-refractivity contribution is -0.126. The normalized spacial score (nSPS) is 34.3. The van der Waals surface area contributed by atoms with E-state index in [1.807, 2.05) is 11.8 Å². The quantitative estimate of drug-likeness (QED) is 0.809. The van der Waals surface area contributed by atoms with Crippen molar-refractivity contribution in [3.8, 4) is 0 Å². The van der Waals surface area contributed by atoms with Gasteiger partial charge in [0.15, 0.2) is 0 Å². The average molecular weight is 256 g/mol. The van der Waals surface area contributed by atoms with Gasteiger partial charge < -0.3 is 10.6 Å². The lowest BCUT2D eigenvalue weighted by Crippen LogP contribution is -2.46. The van der Waals surface area contributed by atoms with E-state index in [-0.39, 0.29) is 11.8 Å². The number of rotatable bonds is 3. The number of nitrogens with one attached hydrogen (secondary N) is 2. The average Bonchev–Trinajstić information content (AvgIpc) is 2.40. The highest BCUT2D eigenvalue weighted by atomic mass is 32.2. The maximum atomic E-state index is 12.1. The van der Waals surface area contributed by atoms with Gasteiger partial charge in [0.2, 0.25) is 5.91 Å². The molecular weight excluding hydrogens is 232 g/mol. The molecule has 1 heterocycles. The molecule has 17 heavy (non-hydrogen) atoms. The van der Waals surface area contributed by atoms with Gasteiger partial charge in [-0.05, 0) is 44.9 Å². The van der Waals surface area contributed by atoms with Crippen LogP contribution in [0, 0.1) is 5.92 Å². The third-order valence-electron chi connectivity index (χ3n) is 3.97. The fraction of sp³-hybridized carbons (Fsp3) is 0.923. The van der Waals surface area contributed by atoms with E-state index in [0.717, 1.165) is 37.6 Å². The summed E-state index contributed by atoms with van der Waals surface area (Å²) in [6.07, 6.45) is 9.28. The first kappa shape index (κ1) is 13.2. The smallest absolute Gasteiger partial charge is 0.224 e. The van der Waals surface area contributed by atoms with Crippen molar-refractivity contribution in [3.05, 3.63) is 0 Å². The number of carbonyl (C=O) groups is 1. The maximum Gasteiger partial charge on any atom is 0.224 e. The Balaban J connectivity index is 1.77. The Kier molecular flexibility index (Phi) is 5.16. The van der Waals surface area contributed by atoms with Crippen LogP contribution in [0.25, 0.3) is 0 Å². The predicted molar refractivity (Wildman–Crippen MR) is 73.3 cm³/mol. The summed E-state index contributed by atoms with van der Waals surface area (Å²) in [4.78, 5) is 12.1. The second-order valence-corrected chi connectivity index (χ2v) is 6.41. The largest absolute Gasteiger partial charge is 0.353 e. The standard InChI is InChI=1S/C13H24N2OS/c1-17-12-6-2-5-11(8-12)15-13(16)10-4-3-7-14-9-10/h10-12,14H,2-9H2,1H3,(H,15,16)/t10-,11?,12?/m1/s1. The van der Waals surface area contributed by atoms with Crippen LogP contribution in [-0.4, -0.2) is 36.5 Å². The van der Waals surface area contributed by atoms with Crippen molar-refractivity contribution in [1.82, 2.24) is 10.6 Å².